The Morgan fingerprint density at radius 1 is 0.710 bits per heavy atom. The van der Waals surface area contributed by atoms with E-state index in [9.17, 15) is 4.79 Å². The molecule has 1 aromatic heterocycles. The molecule has 4 rings (SSSR count). The Labute approximate surface area is 184 Å². The van der Waals surface area contributed by atoms with Gasteiger partial charge < -0.3 is 35.0 Å². The second-order valence-corrected chi connectivity index (χ2v) is 9.16. The number of carbonyl (C=O) groups is 1. The molecule has 0 radical (unpaired) electrons. The Balaban J connectivity index is 1.49. The average molecular weight is 434 g/mol. The quantitative estimate of drug-likeness (QED) is 0.663. The molecule has 11 nitrogen and oxygen atoms in total. The van der Waals surface area contributed by atoms with Crippen molar-refractivity contribution in [1.29, 1.82) is 0 Å². The van der Waals surface area contributed by atoms with Crippen molar-refractivity contribution in [2.24, 2.45) is 0 Å². The van der Waals surface area contributed by atoms with Crippen LogP contribution in [0.5, 0.6) is 0 Å². The number of nitrogens with one attached hydrogen (secondary N) is 2. The lowest BCUT2D eigenvalue weighted by atomic mass is 10.2. The van der Waals surface area contributed by atoms with E-state index in [0.29, 0.717) is 32.1 Å². The Morgan fingerprint density at radius 2 is 1.10 bits per heavy atom. The molecule has 11 heteroatoms. The number of nitrogens with zero attached hydrogens (tertiary/aromatic N) is 7. The molecule has 0 saturated carbocycles. The highest BCUT2D eigenvalue weighted by Gasteiger charge is 2.28. The van der Waals surface area contributed by atoms with Gasteiger partial charge in [-0.3, -0.25) is 0 Å². The zero-order valence-electron chi connectivity index (χ0n) is 18.9. The third-order valence-corrected chi connectivity index (χ3v) is 5.61. The van der Waals surface area contributed by atoms with Crippen LogP contribution < -0.4 is 25.3 Å². The minimum absolute atomic E-state index is 0.259. The SMILES string of the molecule is CC(C)(C)OC(=O)N1CCN(c2nc(N3CCNCC3)nc(N3CCNCC3)n2)CC1. The van der Waals surface area contributed by atoms with Gasteiger partial charge in [-0.1, -0.05) is 0 Å². The van der Waals surface area contributed by atoms with Crippen molar-refractivity contribution >= 4 is 23.9 Å². The lowest BCUT2D eigenvalue weighted by Gasteiger charge is -2.36. The van der Waals surface area contributed by atoms with Crippen LogP contribution in [-0.4, -0.2) is 110 Å². The first-order valence-electron chi connectivity index (χ1n) is 11.3. The molecule has 0 bridgehead atoms. The van der Waals surface area contributed by atoms with Crippen LogP contribution in [0.25, 0.3) is 0 Å². The molecule has 0 unspecified atom stereocenters. The highest BCUT2D eigenvalue weighted by molar-refractivity contribution is 5.68. The van der Waals surface area contributed by atoms with E-state index in [1.807, 2.05) is 20.8 Å². The maximum atomic E-state index is 12.4. The van der Waals surface area contributed by atoms with Crippen LogP contribution in [0.15, 0.2) is 0 Å². The Bertz CT molecular complexity index is 713. The van der Waals surface area contributed by atoms with Crippen molar-refractivity contribution in [1.82, 2.24) is 30.5 Å². The summed E-state index contributed by atoms with van der Waals surface area (Å²) in [6.45, 7) is 15.5. The van der Waals surface area contributed by atoms with Crippen molar-refractivity contribution < 1.29 is 9.53 Å². The highest BCUT2D eigenvalue weighted by atomic mass is 16.6. The van der Waals surface area contributed by atoms with Crippen molar-refractivity contribution in [2.75, 3.05) is 93.2 Å². The number of piperazine rings is 3. The van der Waals surface area contributed by atoms with Crippen molar-refractivity contribution in [3.05, 3.63) is 0 Å². The van der Waals surface area contributed by atoms with Crippen LogP contribution in [0.4, 0.5) is 22.6 Å². The molecular formula is C20H35N9O2. The van der Waals surface area contributed by atoms with E-state index in [4.69, 9.17) is 19.7 Å². The van der Waals surface area contributed by atoms with Gasteiger partial charge in [0, 0.05) is 78.5 Å². The van der Waals surface area contributed by atoms with Gasteiger partial charge in [0.1, 0.15) is 5.60 Å². The number of rotatable bonds is 3. The first-order chi connectivity index (χ1) is 14.9. The molecule has 3 aliphatic heterocycles. The molecule has 0 spiro atoms. The number of ether oxygens (including phenoxy) is 1. The molecule has 3 aliphatic rings. The summed E-state index contributed by atoms with van der Waals surface area (Å²) >= 11 is 0. The van der Waals surface area contributed by atoms with Crippen LogP contribution in [0.2, 0.25) is 0 Å². The summed E-state index contributed by atoms with van der Waals surface area (Å²) in [5, 5.41) is 6.76. The van der Waals surface area contributed by atoms with Gasteiger partial charge in [-0.15, -0.1) is 0 Å². The average Bonchev–Trinajstić information content (AvgIpc) is 2.79. The second-order valence-electron chi connectivity index (χ2n) is 9.16. The lowest BCUT2D eigenvalue weighted by Crippen LogP contribution is -2.51. The molecule has 1 amide bonds. The molecule has 3 fully saturated rings. The van der Waals surface area contributed by atoms with Crippen LogP contribution in [0.3, 0.4) is 0 Å². The molecule has 0 aromatic carbocycles. The van der Waals surface area contributed by atoms with Gasteiger partial charge in [0.05, 0.1) is 0 Å². The number of amides is 1. The van der Waals surface area contributed by atoms with Crippen molar-refractivity contribution in [2.45, 2.75) is 26.4 Å². The van der Waals surface area contributed by atoms with E-state index in [-0.39, 0.29) is 6.09 Å². The van der Waals surface area contributed by atoms with Gasteiger partial charge in [-0.25, -0.2) is 4.79 Å². The fourth-order valence-electron chi connectivity index (χ4n) is 3.91. The predicted molar refractivity (Wildman–Crippen MR) is 120 cm³/mol. The van der Waals surface area contributed by atoms with E-state index in [0.717, 1.165) is 64.3 Å². The predicted octanol–water partition coefficient (Wildman–Crippen LogP) is -0.252. The van der Waals surface area contributed by atoms with E-state index in [2.05, 4.69) is 25.3 Å². The van der Waals surface area contributed by atoms with Gasteiger partial charge in [-0.2, -0.15) is 15.0 Å². The molecule has 172 valence electrons. The summed E-state index contributed by atoms with van der Waals surface area (Å²) in [5.41, 5.74) is -0.487. The van der Waals surface area contributed by atoms with E-state index in [1.54, 1.807) is 4.90 Å². The number of hydrogen-bond acceptors (Lipinski definition) is 10. The van der Waals surface area contributed by atoms with Crippen LogP contribution >= 0.6 is 0 Å². The Kier molecular flexibility index (Phi) is 6.61. The summed E-state index contributed by atoms with van der Waals surface area (Å²) in [5.74, 6) is 2.19. The van der Waals surface area contributed by atoms with Crippen molar-refractivity contribution in [3.63, 3.8) is 0 Å². The molecule has 31 heavy (non-hydrogen) atoms. The molecule has 1 aromatic rings. The topological polar surface area (TPSA) is 102 Å². The van der Waals surface area contributed by atoms with Crippen LogP contribution in [0.1, 0.15) is 20.8 Å². The largest absolute Gasteiger partial charge is 0.444 e. The molecular weight excluding hydrogens is 398 g/mol. The van der Waals surface area contributed by atoms with Gasteiger partial charge in [-0.05, 0) is 20.8 Å². The third kappa shape index (κ3) is 5.65. The number of carbonyl (C=O) groups excluding carboxylic acids is 1. The van der Waals surface area contributed by atoms with E-state index >= 15 is 0 Å². The van der Waals surface area contributed by atoms with Gasteiger partial charge >= 0.3 is 6.09 Å². The molecule has 0 aliphatic carbocycles. The third-order valence-electron chi connectivity index (χ3n) is 5.61. The minimum atomic E-state index is -0.487. The summed E-state index contributed by atoms with van der Waals surface area (Å²) in [7, 11) is 0. The summed E-state index contributed by atoms with van der Waals surface area (Å²) in [6, 6.07) is 0. The molecule has 3 saturated heterocycles. The van der Waals surface area contributed by atoms with E-state index in [1.165, 1.54) is 0 Å². The van der Waals surface area contributed by atoms with Gasteiger partial charge in [0.25, 0.3) is 0 Å². The zero-order chi connectivity index (χ0) is 21.8. The smallest absolute Gasteiger partial charge is 0.410 e. The second kappa shape index (κ2) is 9.39. The Hall–Kier alpha value is -2.40. The highest BCUT2D eigenvalue weighted by Crippen LogP contribution is 2.21. The lowest BCUT2D eigenvalue weighted by molar-refractivity contribution is 0.0240. The van der Waals surface area contributed by atoms with Crippen molar-refractivity contribution in [3.8, 4) is 0 Å². The summed E-state index contributed by atoms with van der Waals surface area (Å²) in [6.07, 6.45) is -0.259. The summed E-state index contributed by atoms with van der Waals surface area (Å²) in [4.78, 5) is 35.2. The van der Waals surface area contributed by atoms with Gasteiger partial charge in [0.2, 0.25) is 17.8 Å². The fourth-order valence-corrected chi connectivity index (χ4v) is 3.91. The standard InChI is InChI=1S/C20H35N9O2/c1-20(2,3)31-19(30)29-14-12-28(13-15-29)18-24-16(26-8-4-21-5-9-26)23-17(25-18)27-10-6-22-7-11-27/h21-22H,4-15H2,1-3H3. The first-order valence-corrected chi connectivity index (χ1v) is 11.3. The molecule has 0 atom stereocenters. The molecule has 4 heterocycles. The monoisotopic (exact) mass is 433 g/mol. The van der Waals surface area contributed by atoms with E-state index < -0.39 is 5.60 Å². The Morgan fingerprint density at radius 3 is 1.48 bits per heavy atom. The zero-order valence-corrected chi connectivity index (χ0v) is 18.9. The van der Waals surface area contributed by atoms with Crippen LogP contribution in [-0.2, 0) is 4.74 Å². The maximum Gasteiger partial charge on any atom is 0.410 e. The first kappa shape index (κ1) is 21.8. The number of aromatic nitrogens is 3. The maximum absolute atomic E-state index is 12.4. The minimum Gasteiger partial charge on any atom is -0.444 e. The fraction of sp³-hybridized carbons (Fsp3) is 0.800. The molecule has 2 N–H and O–H groups in total. The van der Waals surface area contributed by atoms with Crippen LogP contribution in [0, 0.1) is 0 Å². The number of hydrogen-bond donors (Lipinski definition) is 2. The summed E-state index contributed by atoms with van der Waals surface area (Å²) < 4.78 is 5.52. The normalized spacial score (nSPS) is 20.7. The number of anilines is 3. The van der Waals surface area contributed by atoms with Gasteiger partial charge in [0.15, 0.2) is 0 Å².